The predicted octanol–water partition coefficient (Wildman–Crippen LogP) is 2.70. The fourth-order valence-electron chi connectivity index (χ4n) is 4.38. The van der Waals surface area contributed by atoms with Crippen LogP contribution >= 0.6 is 0 Å². The molecule has 0 radical (unpaired) electrons. The van der Waals surface area contributed by atoms with Gasteiger partial charge in [0.05, 0.1) is 29.8 Å². The van der Waals surface area contributed by atoms with Gasteiger partial charge in [-0.2, -0.15) is 0 Å². The molecule has 1 fully saturated rings. The van der Waals surface area contributed by atoms with Crippen LogP contribution in [0.5, 0.6) is 0 Å². The Labute approximate surface area is 200 Å². The van der Waals surface area contributed by atoms with Gasteiger partial charge in [-0.05, 0) is 43.8 Å². The van der Waals surface area contributed by atoms with E-state index in [1.165, 1.54) is 5.56 Å². The first-order valence-corrected chi connectivity index (χ1v) is 11.7. The molecule has 0 bridgehead atoms. The van der Waals surface area contributed by atoms with E-state index in [1.54, 1.807) is 6.20 Å². The average molecular weight is 457 g/mol. The van der Waals surface area contributed by atoms with Crippen LogP contribution in [-0.2, 0) is 13.1 Å². The Kier molecular flexibility index (Phi) is 6.33. The number of pyridine rings is 2. The fourth-order valence-corrected chi connectivity index (χ4v) is 4.38. The smallest absolute Gasteiger partial charge is 0.137 e. The third-order valence-corrected chi connectivity index (χ3v) is 6.51. The van der Waals surface area contributed by atoms with Crippen molar-refractivity contribution in [2.45, 2.75) is 26.1 Å². The molecule has 176 valence electrons. The van der Waals surface area contributed by atoms with Crippen LogP contribution in [0.2, 0.25) is 0 Å². The third-order valence-electron chi connectivity index (χ3n) is 6.51. The number of nitrogens with zero attached hydrogens (tertiary/aromatic N) is 6. The number of nitrogens with one attached hydrogen (secondary N) is 1. The molecule has 1 aliphatic rings. The van der Waals surface area contributed by atoms with E-state index >= 15 is 0 Å². The highest BCUT2D eigenvalue weighted by molar-refractivity contribution is 5.63. The van der Waals surface area contributed by atoms with Crippen molar-refractivity contribution in [1.82, 2.24) is 34.1 Å². The molecule has 5 heterocycles. The van der Waals surface area contributed by atoms with Crippen LogP contribution in [0.3, 0.4) is 0 Å². The SMILES string of the molecule is CC1CN(Cc2ccc3nc(CN/C=C(\N)c4cncc(-n5cccc5)c4)cn3c2)CCN1C. The largest absolute Gasteiger partial charge is 0.397 e. The van der Waals surface area contributed by atoms with E-state index in [9.17, 15) is 0 Å². The minimum absolute atomic E-state index is 0.594. The Hall–Kier alpha value is -3.62. The first-order valence-electron chi connectivity index (χ1n) is 11.7. The molecular weight excluding hydrogens is 424 g/mol. The Morgan fingerprint density at radius 2 is 2.03 bits per heavy atom. The quantitative estimate of drug-likeness (QED) is 0.445. The Balaban J connectivity index is 1.21. The zero-order valence-electron chi connectivity index (χ0n) is 19.8. The monoisotopic (exact) mass is 456 g/mol. The van der Waals surface area contributed by atoms with E-state index in [-0.39, 0.29) is 0 Å². The average Bonchev–Trinajstić information content (AvgIpc) is 3.51. The lowest BCUT2D eigenvalue weighted by Gasteiger charge is -2.37. The van der Waals surface area contributed by atoms with Gasteiger partial charge in [0.1, 0.15) is 5.65 Å². The summed E-state index contributed by atoms with van der Waals surface area (Å²) in [6.45, 7) is 7.18. The zero-order chi connectivity index (χ0) is 23.5. The Morgan fingerprint density at radius 1 is 1.18 bits per heavy atom. The van der Waals surface area contributed by atoms with Gasteiger partial charge in [-0.1, -0.05) is 6.07 Å². The number of aromatic nitrogens is 4. The summed E-state index contributed by atoms with van der Waals surface area (Å²) >= 11 is 0. The molecule has 8 nitrogen and oxygen atoms in total. The highest BCUT2D eigenvalue weighted by atomic mass is 15.3. The highest BCUT2D eigenvalue weighted by Crippen LogP contribution is 2.15. The molecule has 0 amide bonds. The van der Waals surface area contributed by atoms with Gasteiger partial charge in [0, 0.05) is 75.0 Å². The van der Waals surface area contributed by atoms with E-state index < -0.39 is 0 Å². The van der Waals surface area contributed by atoms with Crippen molar-refractivity contribution in [3.63, 3.8) is 0 Å². The second-order valence-electron chi connectivity index (χ2n) is 9.10. The Bertz CT molecular complexity index is 1270. The fraction of sp³-hybridized carbons (Fsp3) is 0.308. The summed E-state index contributed by atoms with van der Waals surface area (Å²) in [6.07, 6.45) is 13.7. The summed E-state index contributed by atoms with van der Waals surface area (Å²) in [5.74, 6) is 0. The van der Waals surface area contributed by atoms with Crippen LogP contribution in [0, 0.1) is 0 Å². The van der Waals surface area contributed by atoms with Gasteiger partial charge < -0.3 is 24.9 Å². The molecule has 8 heteroatoms. The van der Waals surface area contributed by atoms with Crippen molar-refractivity contribution in [1.29, 1.82) is 0 Å². The number of hydrogen-bond acceptors (Lipinski definition) is 6. The van der Waals surface area contributed by atoms with Crippen LogP contribution in [0.4, 0.5) is 0 Å². The van der Waals surface area contributed by atoms with Crippen molar-refractivity contribution < 1.29 is 0 Å². The molecule has 0 saturated carbocycles. The second kappa shape index (κ2) is 9.70. The molecule has 1 saturated heterocycles. The lowest BCUT2D eigenvalue weighted by molar-refractivity contribution is 0.0999. The van der Waals surface area contributed by atoms with Crippen LogP contribution in [0.25, 0.3) is 17.0 Å². The number of fused-ring (bicyclic) bond motifs is 1. The third kappa shape index (κ3) is 4.98. The van der Waals surface area contributed by atoms with Crippen molar-refractivity contribution >= 4 is 11.3 Å². The number of piperazine rings is 1. The van der Waals surface area contributed by atoms with Crippen molar-refractivity contribution in [2.75, 3.05) is 26.7 Å². The molecule has 1 unspecified atom stereocenters. The second-order valence-corrected chi connectivity index (χ2v) is 9.10. The lowest BCUT2D eigenvalue weighted by Crippen LogP contribution is -2.49. The minimum atomic E-state index is 0.594. The van der Waals surface area contributed by atoms with E-state index in [4.69, 9.17) is 10.7 Å². The molecule has 4 aromatic rings. The Morgan fingerprint density at radius 3 is 2.85 bits per heavy atom. The van der Waals surface area contributed by atoms with E-state index in [0.29, 0.717) is 18.3 Å². The van der Waals surface area contributed by atoms with E-state index in [0.717, 1.165) is 48.8 Å². The zero-order valence-corrected chi connectivity index (χ0v) is 19.8. The summed E-state index contributed by atoms with van der Waals surface area (Å²) in [5, 5.41) is 3.29. The van der Waals surface area contributed by atoms with Gasteiger partial charge in [-0.3, -0.25) is 9.88 Å². The van der Waals surface area contributed by atoms with Crippen molar-refractivity contribution in [3.05, 3.63) is 90.5 Å². The molecular formula is C26H32N8. The van der Waals surface area contributed by atoms with Crippen LogP contribution in [0.1, 0.15) is 23.7 Å². The molecule has 0 spiro atoms. The first kappa shape index (κ1) is 22.2. The maximum absolute atomic E-state index is 6.30. The van der Waals surface area contributed by atoms with Gasteiger partial charge >= 0.3 is 0 Å². The first-order chi connectivity index (χ1) is 16.5. The van der Waals surface area contributed by atoms with Gasteiger partial charge in [0.2, 0.25) is 0 Å². The lowest BCUT2D eigenvalue weighted by atomic mass is 10.2. The van der Waals surface area contributed by atoms with E-state index in [1.807, 2.05) is 47.6 Å². The molecule has 0 aromatic carbocycles. The topological polar surface area (TPSA) is 79.6 Å². The molecule has 5 rings (SSSR count). The molecule has 34 heavy (non-hydrogen) atoms. The molecule has 4 aromatic heterocycles. The predicted molar refractivity (Wildman–Crippen MR) is 135 cm³/mol. The number of likely N-dealkylation sites (N-methyl/N-ethyl adjacent to an activating group) is 1. The summed E-state index contributed by atoms with van der Waals surface area (Å²) < 4.78 is 4.12. The van der Waals surface area contributed by atoms with Gasteiger partial charge in [0.25, 0.3) is 0 Å². The summed E-state index contributed by atoms with van der Waals surface area (Å²) in [4.78, 5) is 14.0. The normalized spacial score (nSPS) is 17.9. The number of rotatable bonds is 7. The van der Waals surface area contributed by atoms with Crippen molar-refractivity contribution in [2.24, 2.45) is 5.73 Å². The summed E-state index contributed by atoms with van der Waals surface area (Å²) in [5.41, 5.74) is 12.0. The number of hydrogen-bond donors (Lipinski definition) is 2. The standard InChI is InChI=1S/C26H32N8/c1-20-16-32(10-9-31(20)2)17-21-5-6-26-30-23(19-34(26)18-21)13-29-15-25(27)22-11-24(14-28-12-22)33-7-3-4-8-33/h3-8,11-12,14-15,18-20,29H,9-10,13,16-17,27H2,1-2H3/b25-15-. The summed E-state index contributed by atoms with van der Waals surface area (Å²) in [6, 6.07) is 10.9. The molecule has 1 aliphatic heterocycles. The van der Waals surface area contributed by atoms with Crippen LogP contribution in [0.15, 0.2) is 73.7 Å². The molecule has 3 N–H and O–H groups in total. The van der Waals surface area contributed by atoms with Crippen molar-refractivity contribution in [3.8, 4) is 5.69 Å². The van der Waals surface area contributed by atoms with E-state index in [2.05, 4.69) is 63.0 Å². The number of nitrogens with two attached hydrogens (primary N) is 1. The van der Waals surface area contributed by atoms with Gasteiger partial charge in [-0.25, -0.2) is 4.98 Å². The van der Waals surface area contributed by atoms with Gasteiger partial charge in [0.15, 0.2) is 0 Å². The maximum atomic E-state index is 6.30. The van der Waals surface area contributed by atoms with Crippen LogP contribution in [-0.4, -0.2) is 61.5 Å². The molecule has 1 atom stereocenters. The highest BCUT2D eigenvalue weighted by Gasteiger charge is 2.20. The number of imidazole rings is 1. The maximum Gasteiger partial charge on any atom is 0.137 e. The van der Waals surface area contributed by atoms with Gasteiger partial charge in [-0.15, -0.1) is 0 Å². The van der Waals surface area contributed by atoms with Crippen LogP contribution < -0.4 is 11.1 Å². The minimum Gasteiger partial charge on any atom is -0.397 e. The summed E-state index contributed by atoms with van der Waals surface area (Å²) in [7, 11) is 2.20. The molecule has 0 aliphatic carbocycles.